The minimum atomic E-state index is -4.47. The number of aromatic nitrogens is 4. The largest absolute Gasteiger partial charge is 0.416 e. The summed E-state index contributed by atoms with van der Waals surface area (Å²) in [5.74, 6) is 0.251. The van der Waals surface area contributed by atoms with Gasteiger partial charge in [0, 0.05) is 11.1 Å². The molecule has 2 N–H and O–H groups in total. The fourth-order valence-corrected chi connectivity index (χ4v) is 6.44. The van der Waals surface area contributed by atoms with Crippen molar-refractivity contribution in [2.75, 3.05) is 0 Å². The van der Waals surface area contributed by atoms with Gasteiger partial charge < -0.3 is 10.2 Å². The van der Waals surface area contributed by atoms with Crippen LogP contribution >= 0.6 is 0 Å². The number of amides is 2. The Hall–Kier alpha value is -4.09. The summed E-state index contributed by atoms with van der Waals surface area (Å²) in [6.45, 7) is 8.85. The van der Waals surface area contributed by atoms with Crippen LogP contribution in [0.2, 0.25) is 0 Å². The standard InChI is InChI=1S/C32H38F3N7O2/c1-5-6-25(20-7-9-22(10-8-20)28(43)36-19-26-38-40-41-39-26)42-29(44)27(21-11-13-24(14-12-21)32(33,34)35)37-31(42)17-15-23(16-18-31)30(2,3)4/h7-14,23,25H,5-6,15-19H2,1-4H3,(H,36,43)(H,38,39,40,41)/t23?,25-,31?/m1/s1. The summed E-state index contributed by atoms with van der Waals surface area (Å²) in [6.07, 6.45) is 0.0853. The second-order valence-corrected chi connectivity index (χ2v) is 12.8. The van der Waals surface area contributed by atoms with E-state index in [9.17, 15) is 22.8 Å². The molecule has 1 saturated carbocycles. The second-order valence-electron chi connectivity index (χ2n) is 12.8. The topological polar surface area (TPSA) is 116 Å². The summed E-state index contributed by atoms with van der Waals surface area (Å²) in [5, 5.41) is 16.2. The quantitative estimate of drug-likeness (QED) is 0.313. The highest BCUT2D eigenvalue weighted by Gasteiger charge is 2.52. The predicted octanol–water partition coefficient (Wildman–Crippen LogP) is 6.25. The van der Waals surface area contributed by atoms with Gasteiger partial charge in [-0.3, -0.25) is 14.6 Å². The van der Waals surface area contributed by atoms with Crippen LogP contribution in [0.1, 0.15) is 105 Å². The van der Waals surface area contributed by atoms with E-state index in [1.54, 1.807) is 12.1 Å². The number of alkyl halides is 3. The molecule has 5 rings (SSSR count). The van der Waals surface area contributed by atoms with Crippen molar-refractivity contribution in [2.24, 2.45) is 16.3 Å². The lowest BCUT2D eigenvalue weighted by molar-refractivity contribution is -0.137. The molecule has 2 amide bonds. The van der Waals surface area contributed by atoms with E-state index in [1.165, 1.54) is 12.1 Å². The number of hydrogen-bond donors (Lipinski definition) is 2. The summed E-state index contributed by atoms with van der Waals surface area (Å²) in [6, 6.07) is 11.5. The average molecular weight is 610 g/mol. The van der Waals surface area contributed by atoms with Crippen molar-refractivity contribution < 1.29 is 22.8 Å². The van der Waals surface area contributed by atoms with Crippen LogP contribution in [0.4, 0.5) is 13.2 Å². The van der Waals surface area contributed by atoms with Gasteiger partial charge in [0.05, 0.1) is 18.2 Å². The van der Waals surface area contributed by atoms with Crippen LogP contribution < -0.4 is 5.32 Å². The van der Waals surface area contributed by atoms with E-state index in [4.69, 9.17) is 4.99 Å². The smallest absolute Gasteiger partial charge is 0.345 e. The maximum atomic E-state index is 14.3. The molecule has 9 nitrogen and oxygen atoms in total. The summed E-state index contributed by atoms with van der Waals surface area (Å²) in [7, 11) is 0. The third kappa shape index (κ3) is 6.39. The number of aliphatic imine (C=N–C) groups is 1. The van der Waals surface area contributed by atoms with Crippen LogP contribution in [0.15, 0.2) is 53.5 Å². The summed E-state index contributed by atoms with van der Waals surface area (Å²) < 4.78 is 39.8. The van der Waals surface area contributed by atoms with Gasteiger partial charge in [-0.25, -0.2) is 0 Å². The summed E-state index contributed by atoms with van der Waals surface area (Å²) in [4.78, 5) is 34.0. The number of benzene rings is 2. The molecule has 1 atom stereocenters. The van der Waals surface area contributed by atoms with Crippen molar-refractivity contribution in [1.82, 2.24) is 30.8 Å². The molecular weight excluding hydrogens is 571 g/mol. The van der Waals surface area contributed by atoms with Gasteiger partial charge in [-0.05, 0) is 73.3 Å². The van der Waals surface area contributed by atoms with Crippen molar-refractivity contribution in [2.45, 2.75) is 90.6 Å². The number of carbonyl (C=O) groups is 2. The molecular formula is C32H38F3N7O2. The van der Waals surface area contributed by atoms with E-state index in [0.29, 0.717) is 42.1 Å². The Balaban J connectivity index is 1.46. The molecule has 0 saturated heterocycles. The van der Waals surface area contributed by atoms with Crippen molar-refractivity contribution in [3.05, 3.63) is 76.6 Å². The van der Waals surface area contributed by atoms with Gasteiger partial charge in [0.2, 0.25) is 0 Å². The first kappa shape index (κ1) is 31.3. The predicted molar refractivity (Wildman–Crippen MR) is 158 cm³/mol. The maximum absolute atomic E-state index is 14.3. The number of halogens is 3. The van der Waals surface area contributed by atoms with Gasteiger partial charge >= 0.3 is 6.18 Å². The average Bonchev–Trinajstić information content (AvgIpc) is 3.60. The minimum Gasteiger partial charge on any atom is -0.345 e. The van der Waals surface area contributed by atoms with E-state index in [2.05, 4.69) is 46.7 Å². The fourth-order valence-electron chi connectivity index (χ4n) is 6.44. The lowest BCUT2D eigenvalue weighted by Gasteiger charge is -2.47. The highest BCUT2D eigenvalue weighted by atomic mass is 19.4. The third-order valence-corrected chi connectivity index (χ3v) is 8.91. The minimum absolute atomic E-state index is 0.109. The van der Waals surface area contributed by atoms with Crippen LogP contribution in [-0.4, -0.2) is 48.7 Å². The Labute approximate surface area is 254 Å². The first-order valence-electron chi connectivity index (χ1n) is 15.0. The molecule has 1 fully saturated rings. The monoisotopic (exact) mass is 609 g/mol. The molecule has 1 aromatic heterocycles. The number of carbonyl (C=O) groups excluding carboxylic acids is 2. The Kier molecular flexibility index (Phi) is 8.64. The molecule has 44 heavy (non-hydrogen) atoms. The Bertz CT molecular complexity index is 1490. The SMILES string of the molecule is CCC[C@H](c1ccc(C(=O)NCc2nn[nH]n2)cc1)N1C(=O)C(c2ccc(C(F)(F)F)cc2)=NC12CCC(C(C)(C)C)CC2. The van der Waals surface area contributed by atoms with Crippen LogP contribution in [0, 0.1) is 11.3 Å². The van der Waals surface area contributed by atoms with Crippen molar-refractivity contribution in [3.8, 4) is 0 Å². The number of nitrogens with one attached hydrogen (secondary N) is 2. The lowest BCUT2D eigenvalue weighted by atomic mass is 9.69. The van der Waals surface area contributed by atoms with Gasteiger partial charge in [0.15, 0.2) is 5.82 Å². The van der Waals surface area contributed by atoms with Crippen LogP contribution in [0.3, 0.4) is 0 Å². The van der Waals surface area contributed by atoms with Crippen LogP contribution in [0.25, 0.3) is 0 Å². The number of nitrogens with zero attached hydrogens (tertiary/aromatic N) is 5. The first-order chi connectivity index (χ1) is 20.8. The second kappa shape index (κ2) is 12.1. The molecule has 0 radical (unpaired) electrons. The van der Waals surface area contributed by atoms with E-state index in [1.807, 2.05) is 24.0 Å². The van der Waals surface area contributed by atoms with E-state index in [-0.39, 0.29) is 35.5 Å². The molecule has 1 aliphatic heterocycles. The number of aromatic amines is 1. The zero-order chi connectivity index (χ0) is 31.7. The van der Waals surface area contributed by atoms with Gasteiger partial charge in [-0.2, -0.15) is 18.4 Å². The maximum Gasteiger partial charge on any atom is 0.416 e. The summed E-state index contributed by atoms with van der Waals surface area (Å²) >= 11 is 0. The van der Waals surface area contributed by atoms with E-state index >= 15 is 0 Å². The Morgan fingerprint density at radius 2 is 1.73 bits per heavy atom. The molecule has 0 unspecified atom stereocenters. The van der Waals surface area contributed by atoms with Crippen LogP contribution in [0.5, 0.6) is 0 Å². The number of rotatable bonds is 8. The first-order valence-corrected chi connectivity index (χ1v) is 15.0. The van der Waals surface area contributed by atoms with Gasteiger partial charge in [-0.15, -0.1) is 10.2 Å². The van der Waals surface area contributed by atoms with Crippen molar-refractivity contribution in [3.63, 3.8) is 0 Å². The van der Waals surface area contributed by atoms with Gasteiger partial charge in [-0.1, -0.05) is 63.6 Å². The van der Waals surface area contributed by atoms with Crippen molar-refractivity contribution >= 4 is 17.5 Å². The van der Waals surface area contributed by atoms with Gasteiger partial charge in [0.1, 0.15) is 11.4 Å². The van der Waals surface area contributed by atoms with Crippen molar-refractivity contribution in [1.29, 1.82) is 0 Å². The molecule has 3 aromatic rings. The molecule has 2 heterocycles. The molecule has 2 aliphatic rings. The lowest BCUT2D eigenvalue weighted by Crippen LogP contribution is -2.51. The van der Waals surface area contributed by atoms with E-state index in [0.717, 1.165) is 37.0 Å². The molecule has 0 bridgehead atoms. The summed E-state index contributed by atoms with van der Waals surface area (Å²) in [5.41, 5.74) is 0.446. The molecule has 1 spiro atoms. The zero-order valence-electron chi connectivity index (χ0n) is 25.4. The molecule has 12 heteroatoms. The molecule has 2 aromatic carbocycles. The Morgan fingerprint density at radius 1 is 1.07 bits per heavy atom. The Morgan fingerprint density at radius 3 is 2.27 bits per heavy atom. The number of tetrazole rings is 1. The zero-order valence-corrected chi connectivity index (χ0v) is 25.4. The number of hydrogen-bond acceptors (Lipinski definition) is 6. The normalized spacial score (nSPS) is 21.4. The fraction of sp³-hybridized carbons (Fsp3) is 0.500. The number of H-pyrrole nitrogens is 1. The van der Waals surface area contributed by atoms with Gasteiger partial charge in [0.25, 0.3) is 11.8 Å². The molecule has 1 aliphatic carbocycles. The van der Waals surface area contributed by atoms with Crippen LogP contribution in [-0.2, 0) is 17.5 Å². The highest BCUT2D eigenvalue weighted by molar-refractivity contribution is 6.46. The third-order valence-electron chi connectivity index (χ3n) is 8.91. The van der Waals surface area contributed by atoms with E-state index < -0.39 is 17.4 Å². The molecule has 234 valence electrons. The highest BCUT2D eigenvalue weighted by Crippen LogP contribution is 2.50.